The van der Waals surface area contributed by atoms with Crippen LogP contribution in [0.5, 0.6) is 0 Å². The maximum absolute atomic E-state index is 11.8. The van der Waals surface area contributed by atoms with Crippen LogP contribution < -0.4 is 5.32 Å². The third-order valence-electron chi connectivity index (χ3n) is 3.85. The lowest BCUT2D eigenvalue weighted by atomic mass is 9.87. The van der Waals surface area contributed by atoms with Gasteiger partial charge in [0.05, 0.1) is 6.61 Å². The Bertz CT molecular complexity index is 367. The van der Waals surface area contributed by atoms with Gasteiger partial charge in [0.25, 0.3) is 0 Å². The van der Waals surface area contributed by atoms with E-state index in [2.05, 4.69) is 5.32 Å². The van der Waals surface area contributed by atoms with Crippen LogP contribution in [0.4, 0.5) is 0 Å². The molecule has 0 aromatic heterocycles. The molecule has 1 aliphatic rings. The number of aliphatic carboxylic acids is 1. The van der Waals surface area contributed by atoms with Gasteiger partial charge in [-0.2, -0.15) is 0 Å². The van der Waals surface area contributed by atoms with E-state index in [-0.39, 0.29) is 29.1 Å². The van der Waals surface area contributed by atoms with E-state index in [0.717, 1.165) is 25.7 Å². The van der Waals surface area contributed by atoms with Crippen molar-refractivity contribution in [2.75, 3.05) is 13.2 Å². The summed E-state index contributed by atoms with van der Waals surface area (Å²) in [5.41, 5.74) is 0.0538. The Hall–Kier alpha value is -1.36. The molecule has 0 aromatic carbocycles. The number of aliphatic hydroxyl groups excluding tert-OH is 1. The summed E-state index contributed by atoms with van der Waals surface area (Å²) in [4.78, 5) is 22.5. The maximum atomic E-state index is 11.8. The molecule has 0 aromatic rings. The van der Waals surface area contributed by atoms with Gasteiger partial charge in [0.15, 0.2) is 0 Å². The number of nitrogens with one attached hydrogen (secondary N) is 1. The van der Waals surface area contributed by atoms with Crippen molar-refractivity contribution in [1.29, 1.82) is 0 Å². The van der Waals surface area contributed by atoms with Crippen LogP contribution in [-0.2, 0) is 9.59 Å². The van der Waals surface area contributed by atoms with Crippen LogP contribution in [0.1, 0.15) is 39.5 Å². The van der Waals surface area contributed by atoms with E-state index in [1.807, 2.05) is 0 Å². The minimum atomic E-state index is -1.08. The van der Waals surface area contributed by atoms with Gasteiger partial charge in [0, 0.05) is 23.1 Å². The van der Waals surface area contributed by atoms with Gasteiger partial charge in [-0.25, -0.2) is 4.79 Å². The molecule has 5 heteroatoms. The molecule has 0 saturated heterocycles. The average Bonchev–Trinajstić information content (AvgIpc) is 2.83. The second-order valence-corrected chi connectivity index (χ2v) is 5.10. The summed E-state index contributed by atoms with van der Waals surface area (Å²) in [6, 6.07) is 0. The van der Waals surface area contributed by atoms with E-state index in [1.54, 1.807) is 0 Å². The normalized spacial score (nSPS) is 19.3. The smallest absolute Gasteiger partial charge is 0.331 e. The fourth-order valence-electron chi connectivity index (χ4n) is 2.25. The predicted octanol–water partition coefficient (Wildman–Crippen LogP) is 1.08. The molecule has 3 N–H and O–H groups in total. The Morgan fingerprint density at radius 2 is 1.72 bits per heavy atom. The number of rotatable bonds is 5. The third-order valence-corrected chi connectivity index (χ3v) is 3.85. The molecule has 102 valence electrons. The van der Waals surface area contributed by atoms with E-state index in [1.165, 1.54) is 13.8 Å². The lowest BCUT2D eigenvalue weighted by Gasteiger charge is -2.26. The number of amides is 1. The molecule has 1 aliphatic carbocycles. The van der Waals surface area contributed by atoms with E-state index >= 15 is 0 Å². The van der Waals surface area contributed by atoms with Crippen LogP contribution >= 0.6 is 0 Å². The Balaban J connectivity index is 2.61. The zero-order chi connectivity index (χ0) is 13.8. The molecule has 0 radical (unpaired) electrons. The number of carboxylic acids is 1. The van der Waals surface area contributed by atoms with E-state index in [9.17, 15) is 14.7 Å². The molecule has 18 heavy (non-hydrogen) atoms. The number of carboxylic acid groups (broad SMARTS) is 1. The van der Waals surface area contributed by atoms with Gasteiger partial charge in [-0.1, -0.05) is 12.8 Å². The Morgan fingerprint density at radius 3 is 2.17 bits per heavy atom. The molecule has 1 saturated carbocycles. The summed E-state index contributed by atoms with van der Waals surface area (Å²) in [5.74, 6) is -1.45. The second-order valence-electron chi connectivity index (χ2n) is 5.10. The Labute approximate surface area is 107 Å². The highest BCUT2D eigenvalue weighted by atomic mass is 16.4. The summed E-state index contributed by atoms with van der Waals surface area (Å²) < 4.78 is 0. The van der Waals surface area contributed by atoms with Crippen molar-refractivity contribution in [1.82, 2.24) is 5.32 Å². The van der Waals surface area contributed by atoms with Crippen molar-refractivity contribution in [2.24, 2.45) is 5.41 Å². The Kier molecular flexibility index (Phi) is 4.90. The predicted molar refractivity (Wildman–Crippen MR) is 67.0 cm³/mol. The zero-order valence-electron chi connectivity index (χ0n) is 11.0. The van der Waals surface area contributed by atoms with Crippen molar-refractivity contribution in [3.63, 3.8) is 0 Å². The fraction of sp³-hybridized carbons (Fsp3) is 0.692. The van der Waals surface area contributed by atoms with Gasteiger partial charge in [0.1, 0.15) is 0 Å². The van der Waals surface area contributed by atoms with Crippen LogP contribution in [0, 0.1) is 5.41 Å². The average molecular weight is 255 g/mol. The first-order valence-electron chi connectivity index (χ1n) is 6.22. The number of carbonyl (C=O) groups excluding carboxylic acids is 1. The molecule has 1 rings (SSSR count). The van der Waals surface area contributed by atoms with Gasteiger partial charge >= 0.3 is 5.97 Å². The maximum Gasteiger partial charge on any atom is 0.331 e. The summed E-state index contributed by atoms with van der Waals surface area (Å²) in [6.07, 6.45) is 3.95. The van der Waals surface area contributed by atoms with Crippen molar-refractivity contribution in [3.8, 4) is 0 Å². The SMILES string of the molecule is CC(C(=O)O)=C(C)C(=O)NCC1(CO)CCCC1. The lowest BCUT2D eigenvalue weighted by molar-refractivity contribution is -0.133. The minimum absolute atomic E-state index is 0.0528. The number of hydrogen-bond acceptors (Lipinski definition) is 3. The van der Waals surface area contributed by atoms with Gasteiger partial charge < -0.3 is 15.5 Å². The fourth-order valence-corrected chi connectivity index (χ4v) is 2.25. The molecular formula is C13H21NO4. The van der Waals surface area contributed by atoms with Crippen LogP contribution in [-0.4, -0.2) is 35.2 Å². The highest BCUT2D eigenvalue weighted by molar-refractivity contribution is 6.01. The minimum Gasteiger partial charge on any atom is -0.478 e. The van der Waals surface area contributed by atoms with Crippen molar-refractivity contribution in [2.45, 2.75) is 39.5 Å². The van der Waals surface area contributed by atoms with Crippen LogP contribution in [0.2, 0.25) is 0 Å². The summed E-state index contributed by atoms with van der Waals surface area (Å²) >= 11 is 0. The van der Waals surface area contributed by atoms with Crippen LogP contribution in [0.3, 0.4) is 0 Å². The molecule has 5 nitrogen and oxygen atoms in total. The summed E-state index contributed by atoms with van der Waals surface area (Å²) in [7, 11) is 0. The molecule has 0 spiro atoms. The monoisotopic (exact) mass is 255 g/mol. The van der Waals surface area contributed by atoms with Crippen molar-refractivity contribution >= 4 is 11.9 Å². The molecule has 0 bridgehead atoms. The molecule has 1 fully saturated rings. The zero-order valence-corrected chi connectivity index (χ0v) is 11.0. The first-order chi connectivity index (χ1) is 8.42. The summed E-state index contributed by atoms with van der Waals surface area (Å²) in [5, 5.41) is 20.9. The number of carbonyl (C=O) groups is 2. The second kappa shape index (κ2) is 6.00. The Morgan fingerprint density at radius 1 is 1.17 bits per heavy atom. The number of aliphatic hydroxyl groups is 1. The molecule has 1 amide bonds. The van der Waals surface area contributed by atoms with Gasteiger partial charge in [-0.05, 0) is 26.7 Å². The molecule has 0 heterocycles. The lowest BCUT2D eigenvalue weighted by Crippen LogP contribution is -2.38. The van der Waals surface area contributed by atoms with Crippen LogP contribution in [0.15, 0.2) is 11.1 Å². The number of hydrogen-bond donors (Lipinski definition) is 3. The molecule has 0 aliphatic heterocycles. The van der Waals surface area contributed by atoms with E-state index < -0.39 is 5.97 Å². The van der Waals surface area contributed by atoms with E-state index in [4.69, 9.17) is 5.11 Å². The highest BCUT2D eigenvalue weighted by Crippen LogP contribution is 2.36. The largest absolute Gasteiger partial charge is 0.478 e. The summed E-state index contributed by atoms with van der Waals surface area (Å²) in [6.45, 7) is 3.38. The van der Waals surface area contributed by atoms with Gasteiger partial charge in [-0.15, -0.1) is 0 Å². The van der Waals surface area contributed by atoms with E-state index in [0.29, 0.717) is 6.54 Å². The standard InChI is InChI=1S/C13H21NO4/c1-9(10(2)12(17)18)11(16)14-7-13(8-15)5-3-4-6-13/h15H,3-8H2,1-2H3,(H,14,16)(H,17,18). The molecular weight excluding hydrogens is 234 g/mol. The van der Waals surface area contributed by atoms with Gasteiger partial charge in [0.2, 0.25) is 5.91 Å². The first kappa shape index (κ1) is 14.7. The van der Waals surface area contributed by atoms with Crippen LogP contribution in [0.25, 0.3) is 0 Å². The quantitative estimate of drug-likeness (QED) is 0.641. The molecule has 0 unspecified atom stereocenters. The molecule has 0 atom stereocenters. The first-order valence-corrected chi connectivity index (χ1v) is 6.22. The van der Waals surface area contributed by atoms with Crippen molar-refractivity contribution < 1.29 is 19.8 Å². The highest BCUT2D eigenvalue weighted by Gasteiger charge is 2.33. The third kappa shape index (κ3) is 3.32. The van der Waals surface area contributed by atoms with Gasteiger partial charge in [-0.3, -0.25) is 4.79 Å². The topological polar surface area (TPSA) is 86.6 Å². The van der Waals surface area contributed by atoms with Crippen molar-refractivity contribution in [3.05, 3.63) is 11.1 Å².